The molecule has 2 aliphatic rings. The van der Waals surface area contributed by atoms with Crippen molar-refractivity contribution in [1.82, 2.24) is 9.21 Å². The van der Waals surface area contributed by atoms with E-state index in [4.69, 9.17) is 0 Å². The molecule has 0 N–H and O–H groups in total. The van der Waals surface area contributed by atoms with Gasteiger partial charge in [0.1, 0.15) is 10.7 Å². The standard InChI is InChI=1S/C17H23FN2O4S/c1-19(13-4-5-13)14-7-9-20(10-8-14)25(22,23)16-11-12(17(21)24-2)3-6-15(16)18/h3,6,11,13-14H,4-5,7-10H2,1-2H3. The van der Waals surface area contributed by atoms with Crippen LogP contribution in [0.15, 0.2) is 23.1 Å². The van der Waals surface area contributed by atoms with E-state index in [1.165, 1.54) is 30.3 Å². The Morgan fingerprint density at radius 1 is 1.20 bits per heavy atom. The molecule has 1 aromatic carbocycles. The van der Waals surface area contributed by atoms with Gasteiger partial charge in [0.25, 0.3) is 0 Å². The zero-order valence-corrected chi connectivity index (χ0v) is 15.3. The van der Waals surface area contributed by atoms with Gasteiger partial charge in [-0.1, -0.05) is 0 Å². The van der Waals surface area contributed by atoms with Crippen LogP contribution in [0.5, 0.6) is 0 Å². The largest absolute Gasteiger partial charge is 0.465 e. The van der Waals surface area contributed by atoms with E-state index in [0.717, 1.165) is 25.0 Å². The van der Waals surface area contributed by atoms with Gasteiger partial charge >= 0.3 is 5.97 Å². The lowest BCUT2D eigenvalue weighted by atomic mass is 10.1. The second kappa shape index (κ2) is 7.01. The molecular formula is C17H23FN2O4S. The van der Waals surface area contributed by atoms with Crippen molar-refractivity contribution in [3.05, 3.63) is 29.6 Å². The van der Waals surface area contributed by atoms with Crippen molar-refractivity contribution in [3.8, 4) is 0 Å². The van der Waals surface area contributed by atoms with Crippen LogP contribution < -0.4 is 0 Å². The summed E-state index contributed by atoms with van der Waals surface area (Å²) < 4.78 is 45.7. The van der Waals surface area contributed by atoms with Crippen molar-refractivity contribution in [1.29, 1.82) is 0 Å². The monoisotopic (exact) mass is 370 g/mol. The molecule has 0 unspecified atom stereocenters. The number of nitrogens with zero attached hydrogens (tertiary/aromatic N) is 2. The normalized spacial score (nSPS) is 20.0. The molecule has 1 saturated carbocycles. The minimum atomic E-state index is -3.98. The van der Waals surface area contributed by atoms with E-state index in [1.54, 1.807) is 0 Å². The number of carbonyl (C=O) groups excluding carboxylic acids is 1. The molecule has 0 atom stereocenters. The summed E-state index contributed by atoms with van der Waals surface area (Å²) in [5, 5.41) is 0. The SMILES string of the molecule is COC(=O)c1ccc(F)c(S(=O)(=O)N2CCC(N(C)C3CC3)CC2)c1. The van der Waals surface area contributed by atoms with Gasteiger partial charge in [-0.2, -0.15) is 4.31 Å². The van der Waals surface area contributed by atoms with Crippen LogP contribution in [-0.4, -0.2) is 62.9 Å². The van der Waals surface area contributed by atoms with Crippen molar-refractivity contribution in [2.45, 2.75) is 42.7 Å². The zero-order chi connectivity index (χ0) is 18.2. The third-order valence-corrected chi connectivity index (χ3v) is 7.01. The first-order valence-corrected chi connectivity index (χ1v) is 9.88. The average molecular weight is 370 g/mol. The van der Waals surface area contributed by atoms with Gasteiger partial charge < -0.3 is 9.64 Å². The summed E-state index contributed by atoms with van der Waals surface area (Å²) in [6.07, 6.45) is 3.87. The van der Waals surface area contributed by atoms with E-state index in [9.17, 15) is 17.6 Å². The summed E-state index contributed by atoms with van der Waals surface area (Å²) in [5.41, 5.74) is 0.0193. The highest BCUT2D eigenvalue weighted by Crippen LogP contribution is 2.31. The number of halogens is 1. The van der Waals surface area contributed by atoms with Gasteiger partial charge in [-0.05, 0) is 50.9 Å². The van der Waals surface area contributed by atoms with Gasteiger partial charge in [-0.3, -0.25) is 0 Å². The molecule has 2 fully saturated rings. The van der Waals surface area contributed by atoms with Crippen LogP contribution >= 0.6 is 0 Å². The number of esters is 1. The van der Waals surface area contributed by atoms with Gasteiger partial charge in [0.05, 0.1) is 12.7 Å². The van der Waals surface area contributed by atoms with Gasteiger partial charge in [0, 0.05) is 25.2 Å². The first-order valence-electron chi connectivity index (χ1n) is 8.44. The predicted molar refractivity (Wildman–Crippen MR) is 90.3 cm³/mol. The topological polar surface area (TPSA) is 66.9 Å². The van der Waals surface area contributed by atoms with Crippen LogP contribution in [0, 0.1) is 5.82 Å². The van der Waals surface area contributed by atoms with Crippen LogP contribution in [-0.2, 0) is 14.8 Å². The first-order chi connectivity index (χ1) is 11.8. The van der Waals surface area contributed by atoms with Crippen molar-refractivity contribution in [3.63, 3.8) is 0 Å². The van der Waals surface area contributed by atoms with Gasteiger partial charge in [-0.15, -0.1) is 0 Å². The maximum absolute atomic E-state index is 14.1. The summed E-state index contributed by atoms with van der Waals surface area (Å²) in [4.78, 5) is 13.5. The number of ether oxygens (including phenoxy) is 1. The highest BCUT2D eigenvalue weighted by atomic mass is 32.2. The Labute approximate surface area is 147 Å². The van der Waals surface area contributed by atoms with Crippen LogP contribution in [0.2, 0.25) is 0 Å². The van der Waals surface area contributed by atoms with E-state index in [1.807, 2.05) is 0 Å². The lowest BCUT2D eigenvalue weighted by Crippen LogP contribution is -2.46. The lowest BCUT2D eigenvalue weighted by Gasteiger charge is -2.36. The first kappa shape index (κ1) is 18.3. The number of sulfonamides is 1. The quantitative estimate of drug-likeness (QED) is 0.740. The van der Waals surface area contributed by atoms with Gasteiger partial charge in [0.2, 0.25) is 10.0 Å². The fourth-order valence-corrected chi connectivity index (χ4v) is 4.91. The summed E-state index contributed by atoms with van der Waals surface area (Å²) in [6, 6.07) is 4.26. The average Bonchev–Trinajstić information content (AvgIpc) is 3.46. The van der Waals surface area contributed by atoms with Crippen LogP contribution in [0.1, 0.15) is 36.0 Å². The Balaban J connectivity index is 1.77. The summed E-state index contributed by atoms with van der Waals surface area (Å²) in [6.45, 7) is 0.706. The molecule has 8 heteroatoms. The molecule has 1 heterocycles. The summed E-state index contributed by atoms with van der Waals surface area (Å²) >= 11 is 0. The molecule has 1 saturated heterocycles. The maximum Gasteiger partial charge on any atom is 0.337 e. The highest BCUT2D eigenvalue weighted by molar-refractivity contribution is 7.89. The maximum atomic E-state index is 14.1. The number of carbonyl (C=O) groups is 1. The van der Waals surface area contributed by atoms with Crippen LogP contribution in [0.25, 0.3) is 0 Å². The number of piperidine rings is 1. The fourth-order valence-electron chi connectivity index (χ4n) is 3.35. The number of hydrogen-bond donors (Lipinski definition) is 0. The Hall–Kier alpha value is -1.51. The number of benzene rings is 1. The van der Waals surface area contributed by atoms with Crippen molar-refractivity contribution in [2.24, 2.45) is 0 Å². The molecule has 0 bridgehead atoms. The molecule has 6 nitrogen and oxygen atoms in total. The van der Waals surface area contributed by atoms with Crippen LogP contribution in [0.4, 0.5) is 4.39 Å². The van der Waals surface area contributed by atoms with E-state index in [-0.39, 0.29) is 5.56 Å². The molecule has 1 aliphatic carbocycles. The molecule has 0 aromatic heterocycles. The second-order valence-electron chi connectivity index (χ2n) is 6.67. The van der Waals surface area contributed by atoms with Crippen molar-refractivity contribution < 1.29 is 22.3 Å². The second-order valence-corrected chi connectivity index (χ2v) is 8.58. The molecule has 0 radical (unpaired) electrons. The van der Waals surface area contributed by atoms with Crippen molar-refractivity contribution >= 4 is 16.0 Å². The van der Waals surface area contributed by atoms with E-state index >= 15 is 0 Å². The molecule has 0 spiro atoms. The highest BCUT2D eigenvalue weighted by Gasteiger charge is 2.36. The Kier molecular flexibility index (Phi) is 5.13. The molecule has 1 aromatic rings. The third-order valence-electron chi connectivity index (χ3n) is 5.09. The number of rotatable bonds is 5. The van der Waals surface area contributed by atoms with Gasteiger partial charge in [0.15, 0.2) is 0 Å². The molecule has 138 valence electrons. The predicted octanol–water partition coefficient (Wildman–Crippen LogP) is 1.86. The molecule has 1 aliphatic heterocycles. The summed E-state index contributed by atoms with van der Waals surface area (Å²) in [5.74, 6) is -1.55. The van der Waals surface area contributed by atoms with Crippen molar-refractivity contribution in [2.75, 3.05) is 27.2 Å². The smallest absolute Gasteiger partial charge is 0.337 e. The molecule has 0 amide bonds. The minimum Gasteiger partial charge on any atom is -0.465 e. The molecule has 25 heavy (non-hydrogen) atoms. The number of methoxy groups -OCH3 is 1. The van der Waals surface area contributed by atoms with Gasteiger partial charge in [-0.25, -0.2) is 17.6 Å². The Morgan fingerprint density at radius 2 is 1.80 bits per heavy atom. The number of hydrogen-bond acceptors (Lipinski definition) is 5. The molecular weight excluding hydrogens is 347 g/mol. The van der Waals surface area contributed by atoms with Crippen LogP contribution in [0.3, 0.4) is 0 Å². The zero-order valence-electron chi connectivity index (χ0n) is 14.4. The third kappa shape index (κ3) is 3.70. The lowest BCUT2D eigenvalue weighted by molar-refractivity contribution is 0.0600. The van der Waals surface area contributed by atoms with E-state index in [0.29, 0.717) is 25.2 Å². The fraction of sp³-hybridized carbons (Fsp3) is 0.588. The Morgan fingerprint density at radius 3 is 2.36 bits per heavy atom. The van der Waals surface area contributed by atoms with E-state index < -0.39 is 26.7 Å². The van der Waals surface area contributed by atoms with E-state index in [2.05, 4.69) is 16.7 Å². The Bertz CT molecular complexity index is 756. The molecule has 3 rings (SSSR count). The summed E-state index contributed by atoms with van der Waals surface area (Å²) in [7, 11) is -0.694. The minimum absolute atomic E-state index is 0.0193.